The van der Waals surface area contributed by atoms with Crippen LogP contribution >= 0.6 is 0 Å². The van der Waals surface area contributed by atoms with Gasteiger partial charge in [-0.3, -0.25) is 0 Å². The number of hydrogen-bond donors (Lipinski definition) is 1. The molecule has 166 valence electrons. The van der Waals surface area contributed by atoms with E-state index in [1.165, 1.54) is 13.2 Å². The van der Waals surface area contributed by atoms with E-state index in [2.05, 4.69) is 21.6 Å². The molecule has 1 heterocycles. The second-order valence-electron chi connectivity index (χ2n) is 6.22. The molecule has 8 nitrogen and oxygen atoms in total. The van der Waals surface area contributed by atoms with Crippen molar-refractivity contribution in [3.8, 4) is 17.6 Å². The lowest BCUT2D eigenvalue weighted by atomic mass is 10.1. The van der Waals surface area contributed by atoms with E-state index in [9.17, 15) is 9.90 Å². The van der Waals surface area contributed by atoms with Gasteiger partial charge in [-0.15, -0.1) is 0 Å². The molecular formula is C23H27NO7. The van der Waals surface area contributed by atoms with E-state index in [-0.39, 0.29) is 12.3 Å². The Balaban J connectivity index is 1.82. The van der Waals surface area contributed by atoms with Crippen molar-refractivity contribution < 1.29 is 33.6 Å². The van der Waals surface area contributed by atoms with Crippen LogP contribution in [0.1, 0.15) is 27.3 Å². The minimum absolute atomic E-state index is 0.103. The third kappa shape index (κ3) is 9.15. The first-order chi connectivity index (χ1) is 15.2. The zero-order valence-corrected chi connectivity index (χ0v) is 17.8. The SMILES string of the molecule is COCCOCCOCCOc1ccc(C#Cc2cc(CO)nc(C(=O)OC)c2)cc1. The van der Waals surface area contributed by atoms with Crippen LogP contribution in [0.15, 0.2) is 36.4 Å². The maximum atomic E-state index is 11.7. The van der Waals surface area contributed by atoms with Gasteiger partial charge >= 0.3 is 5.97 Å². The van der Waals surface area contributed by atoms with Gasteiger partial charge in [-0.05, 0) is 36.4 Å². The van der Waals surface area contributed by atoms with E-state index in [1.54, 1.807) is 13.2 Å². The summed E-state index contributed by atoms with van der Waals surface area (Å²) in [6.45, 7) is 2.76. The summed E-state index contributed by atoms with van der Waals surface area (Å²) in [4.78, 5) is 15.7. The second-order valence-corrected chi connectivity index (χ2v) is 6.22. The molecule has 0 fully saturated rings. The molecule has 31 heavy (non-hydrogen) atoms. The molecule has 2 rings (SSSR count). The molecule has 0 saturated heterocycles. The van der Waals surface area contributed by atoms with Gasteiger partial charge in [0.05, 0.1) is 52.4 Å². The summed E-state index contributed by atoms with van der Waals surface area (Å²) in [5.74, 6) is 6.12. The fraction of sp³-hybridized carbons (Fsp3) is 0.391. The maximum Gasteiger partial charge on any atom is 0.356 e. The Morgan fingerprint density at radius 3 is 2.19 bits per heavy atom. The first-order valence-electron chi connectivity index (χ1n) is 9.75. The Morgan fingerprint density at radius 2 is 1.55 bits per heavy atom. The zero-order chi connectivity index (χ0) is 22.3. The molecule has 1 aromatic heterocycles. The molecular weight excluding hydrogens is 402 g/mol. The predicted molar refractivity (Wildman–Crippen MR) is 113 cm³/mol. The lowest BCUT2D eigenvalue weighted by Crippen LogP contribution is -2.12. The Kier molecular flexibility index (Phi) is 11.1. The number of aromatic nitrogens is 1. The molecule has 0 radical (unpaired) electrons. The molecule has 0 saturated carbocycles. The number of esters is 1. The highest BCUT2D eigenvalue weighted by molar-refractivity contribution is 5.87. The van der Waals surface area contributed by atoms with Crippen molar-refractivity contribution in [3.63, 3.8) is 0 Å². The standard InChI is InChI=1S/C23H27NO7/c1-27-9-10-29-11-12-30-13-14-31-21-7-5-18(6-8-21)3-4-19-15-20(17-25)24-22(16-19)23(26)28-2/h5-8,15-16,25H,9-14,17H2,1-2H3. The van der Waals surface area contributed by atoms with Gasteiger partial charge < -0.3 is 28.8 Å². The van der Waals surface area contributed by atoms with Crippen LogP contribution in [0.2, 0.25) is 0 Å². The normalized spacial score (nSPS) is 10.3. The van der Waals surface area contributed by atoms with Crippen LogP contribution in [-0.4, -0.2) is 69.9 Å². The van der Waals surface area contributed by atoms with Crippen LogP contribution in [-0.2, 0) is 25.6 Å². The average molecular weight is 429 g/mol. The number of aliphatic hydroxyl groups is 1. The summed E-state index contributed by atoms with van der Waals surface area (Å²) in [7, 11) is 2.91. The van der Waals surface area contributed by atoms with Crippen molar-refractivity contribution in [2.45, 2.75) is 6.61 Å². The van der Waals surface area contributed by atoms with Crippen LogP contribution in [0, 0.1) is 11.8 Å². The number of carbonyl (C=O) groups is 1. The maximum absolute atomic E-state index is 11.7. The molecule has 0 aliphatic carbocycles. The van der Waals surface area contributed by atoms with Crippen molar-refractivity contribution in [1.29, 1.82) is 0 Å². The Bertz CT molecular complexity index is 872. The summed E-state index contributed by atoms with van der Waals surface area (Å²) >= 11 is 0. The molecule has 0 spiro atoms. The highest BCUT2D eigenvalue weighted by atomic mass is 16.6. The Labute approximate surface area is 182 Å². The first kappa shape index (κ1) is 24.3. The van der Waals surface area contributed by atoms with Gasteiger partial charge in [-0.25, -0.2) is 9.78 Å². The number of benzene rings is 1. The molecule has 0 aliphatic heterocycles. The molecule has 1 N–H and O–H groups in total. The van der Waals surface area contributed by atoms with Crippen molar-refractivity contribution in [2.24, 2.45) is 0 Å². The molecule has 0 unspecified atom stereocenters. The van der Waals surface area contributed by atoms with E-state index in [0.29, 0.717) is 56.6 Å². The van der Waals surface area contributed by atoms with Gasteiger partial charge in [0.1, 0.15) is 18.1 Å². The highest BCUT2D eigenvalue weighted by Gasteiger charge is 2.09. The number of nitrogens with zero attached hydrogens (tertiary/aromatic N) is 1. The van der Waals surface area contributed by atoms with Crippen LogP contribution in [0.3, 0.4) is 0 Å². The number of carbonyl (C=O) groups excluding carboxylic acids is 1. The lowest BCUT2D eigenvalue weighted by Gasteiger charge is -2.07. The molecule has 8 heteroatoms. The second kappa shape index (κ2) is 14.1. The van der Waals surface area contributed by atoms with Gasteiger partial charge in [0, 0.05) is 18.2 Å². The average Bonchev–Trinajstić information content (AvgIpc) is 2.81. The summed E-state index contributed by atoms with van der Waals surface area (Å²) in [6.07, 6.45) is 0. The van der Waals surface area contributed by atoms with E-state index in [1.807, 2.05) is 24.3 Å². The monoisotopic (exact) mass is 429 g/mol. The minimum atomic E-state index is -0.581. The summed E-state index contributed by atoms with van der Waals surface area (Å²) in [5, 5.41) is 9.32. The summed E-state index contributed by atoms with van der Waals surface area (Å²) in [6, 6.07) is 10.5. The predicted octanol–water partition coefficient (Wildman–Crippen LogP) is 1.82. The third-order valence-corrected chi connectivity index (χ3v) is 3.94. The van der Waals surface area contributed by atoms with E-state index < -0.39 is 5.97 Å². The van der Waals surface area contributed by atoms with Gasteiger partial charge in [0.15, 0.2) is 0 Å². The van der Waals surface area contributed by atoms with Crippen LogP contribution in [0.25, 0.3) is 0 Å². The van der Waals surface area contributed by atoms with Gasteiger partial charge in [-0.2, -0.15) is 0 Å². The van der Waals surface area contributed by atoms with E-state index in [4.69, 9.17) is 18.9 Å². The molecule has 0 bridgehead atoms. The summed E-state index contributed by atoms with van der Waals surface area (Å²) in [5.41, 5.74) is 1.78. The fourth-order valence-electron chi connectivity index (χ4n) is 2.41. The first-order valence-corrected chi connectivity index (χ1v) is 9.75. The highest BCUT2D eigenvalue weighted by Crippen LogP contribution is 2.12. The molecule has 0 amide bonds. The number of aliphatic hydroxyl groups excluding tert-OH is 1. The van der Waals surface area contributed by atoms with Crippen molar-refractivity contribution in [2.75, 3.05) is 53.9 Å². The Morgan fingerprint density at radius 1 is 0.903 bits per heavy atom. The third-order valence-electron chi connectivity index (χ3n) is 3.94. The molecule has 1 aromatic carbocycles. The van der Waals surface area contributed by atoms with Gasteiger partial charge in [0.25, 0.3) is 0 Å². The van der Waals surface area contributed by atoms with Crippen LogP contribution < -0.4 is 4.74 Å². The van der Waals surface area contributed by atoms with Crippen molar-refractivity contribution in [1.82, 2.24) is 4.98 Å². The topological polar surface area (TPSA) is 96.3 Å². The molecule has 2 aromatic rings. The number of ether oxygens (including phenoxy) is 5. The lowest BCUT2D eigenvalue weighted by molar-refractivity contribution is 0.0180. The van der Waals surface area contributed by atoms with Crippen LogP contribution in [0.4, 0.5) is 0 Å². The molecule has 0 atom stereocenters. The number of rotatable bonds is 12. The number of hydrogen-bond acceptors (Lipinski definition) is 8. The van der Waals surface area contributed by atoms with Gasteiger partial charge in [-0.1, -0.05) is 11.8 Å². The number of pyridine rings is 1. The summed E-state index contributed by atoms with van der Waals surface area (Å²) < 4.78 is 25.9. The quantitative estimate of drug-likeness (QED) is 0.310. The smallest absolute Gasteiger partial charge is 0.356 e. The van der Waals surface area contributed by atoms with E-state index in [0.717, 1.165) is 5.56 Å². The number of methoxy groups -OCH3 is 2. The van der Waals surface area contributed by atoms with E-state index >= 15 is 0 Å². The fourth-order valence-corrected chi connectivity index (χ4v) is 2.41. The zero-order valence-electron chi connectivity index (χ0n) is 17.8. The van der Waals surface area contributed by atoms with Crippen molar-refractivity contribution >= 4 is 5.97 Å². The minimum Gasteiger partial charge on any atom is -0.491 e. The largest absolute Gasteiger partial charge is 0.491 e. The molecule has 0 aliphatic rings. The Hall–Kier alpha value is -2.96. The van der Waals surface area contributed by atoms with Crippen molar-refractivity contribution in [3.05, 3.63) is 58.9 Å². The van der Waals surface area contributed by atoms with Gasteiger partial charge in [0.2, 0.25) is 0 Å². The van der Waals surface area contributed by atoms with Crippen LogP contribution in [0.5, 0.6) is 5.75 Å².